The van der Waals surface area contributed by atoms with Crippen molar-refractivity contribution in [3.8, 4) is 5.75 Å². The second-order valence-corrected chi connectivity index (χ2v) is 8.71. The van der Waals surface area contributed by atoms with Crippen LogP contribution in [0.2, 0.25) is 0 Å². The van der Waals surface area contributed by atoms with Crippen molar-refractivity contribution < 1.29 is 9.90 Å². The number of piperazine rings is 1. The first kappa shape index (κ1) is 22.6. The molecule has 0 unspecified atom stereocenters. The minimum Gasteiger partial charge on any atom is -0.507 e. The zero-order chi connectivity index (χ0) is 24.0. The molecule has 2 N–H and O–H groups in total. The van der Waals surface area contributed by atoms with E-state index < -0.39 is 0 Å². The van der Waals surface area contributed by atoms with E-state index in [9.17, 15) is 9.90 Å². The van der Waals surface area contributed by atoms with Crippen LogP contribution in [-0.4, -0.2) is 48.3 Å². The van der Waals surface area contributed by atoms with Crippen molar-refractivity contribution in [1.29, 1.82) is 0 Å². The molecule has 6 heteroatoms. The number of para-hydroxylation sites is 1. The van der Waals surface area contributed by atoms with Crippen LogP contribution in [0, 0.1) is 0 Å². The van der Waals surface area contributed by atoms with Crippen LogP contribution >= 0.6 is 0 Å². The summed E-state index contributed by atoms with van der Waals surface area (Å²) >= 11 is 0. The number of hydrogen-bond acceptors (Lipinski definition) is 5. The lowest BCUT2D eigenvalue weighted by atomic mass is 10.0. The van der Waals surface area contributed by atoms with Gasteiger partial charge in [-0.2, -0.15) is 5.10 Å². The molecule has 4 aromatic rings. The summed E-state index contributed by atoms with van der Waals surface area (Å²) < 4.78 is 0. The van der Waals surface area contributed by atoms with Crippen LogP contribution in [0.4, 0.5) is 5.69 Å². The van der Waals surface area contributed by atoms with Gasteiger partial charge in [0, 0.05) is 49.5 Å². The molecule has 176 valence electrons. The zero-order valence-electron chi connectivity index (χ0n) is 19.5. The molecule has 35 heavy (non-hydrogen) atoms. The highest BCUT2D eigenvalue weighted by atomic mass is 16.3. The number of carbonyl (C=O) groups excluding carboxylic acids is 1. The summed E-state index contributed by atoms with van der Waals surface area (Å²) in [4.78, 5) is 17.4. The van der Waals surface area contributed by atoms with Crippen molar-refractivity contribution in [3.63, 3.8) is 0 Å². The average Bonchev–Trinajstić information content (AvgIpc) is 2.91. The Kier molecular flexibility index (Phi) is 6.73. The maximum atomic E-state index is 12.6. The topological polar surface area (TPSA) is 68.2 Å². The molecule has 0 aromatic heterocycles. The first-order valence-corrected chi connectivity index (χ1v) is 11.8. The highest BCUT2D eigenvalue weighted by molar-refractivity contribution is 6.03. The van der Waals surface area contributed by atoms with Crippen molar-refractivity contribution in [3.05, 3.63) is 108 Å². The molecule has 1 aliphatic rings. The van der Waals surface area contributed by atoms with Gasteiger partial charge in [0.2, 0.25) is 0 Å². The summed E-state index contributed by atoms with van der Waals surface area (Å²) in [6, 6.07) is 29.4. The standard InChI is InChI=1S/C29H28N4O2/c34-28-15-14-23-6-4-5-9-26(23)27(28)20-30-31-29(35)24-12-10-22(11-13-24)21-32-16-18-33(19-17-32)25-7-2-1-3-8-25/h1-15,20,34H,16-19,21H2,(H,31,35). The third-order valence-corrected chi connectivity index (χ3v) is 6.42. The fraction of sp³-hybridized carbons (Fsp3) is 0.172. The fourth-order valence-corrected chi connectivity index (χ4v) is 4.46. The van der Waals surface area contributed by atoms with Crippen molar-refractivity contribution >= 4 is 28.6 Å². The molecule has 0 radical (unpaired) electrons. The average molecular weight is 465 g/mol. The van der Waals surface area contributed by atoms with Crippen molar-refractivity contribution in [1.82, 2.24) is 10.3 Å². The molecule has 4 aromatic carbocycles. The maximum absolute atomic E-state index is 12.6. The highest BCUT2D eigenvalue weighted by Gasteiger charge is 2.17. The number of anilines is 1. The molecule has 0 spiro atoms. The van der Waals surface area contributed by atoms with Crippen LogP contribution in [0.3, 0.4) is 0 Å². The second-order valence-electron chi connectivity index (χ2n) is 8.71. The van der Waals surface area contributed by atoms with Crippen LogP contribution in [0.1, 0.15) is 21.5 Å². The lowest BCUT2D eigenvalue weighted by molar-refractivity contribution is 0.0955. The Morgan fingerprint density at radius 3 is 2.34 bits per heavy atom. The number of nitrogens with zero attached hydrogens (tertiary/aromatic N) is 3. The Morgan fingerprint density at radius 1 is 0.857 bits per heavy atom. The van der Waals surface area contributed by atoms with E-state index in [-0.39, 0.29) is 11.7 Å². The smallest absolute Gasteiger partial charge is 0.271 e. The molecule has 1 aliphatic heterocycles. The summed E-state index contributed by atoms with van der Waals surface area (Å²) in [6.07, 6.45) is 1.49. The lowest BCUT2D eigenvalue weighted by Gasteiger charge is -2.36. The minimum absolute atomic E-state index is 0.121. The molecule has 1 saturated heterocycles. The van der Waals surface area contributed by atoms with Gasteiger partial charge in [-0.3, -0.25) is 9.69 Å². The molecule has 1 amide bonds. The Labute approximate surface area is 205 Å². The number of benzene rings is 4. The first-order valence-electron chi connectivity index (χ1n) is 11.8. The van der Waals surface area contributed by atoms with Crippen LogP contribution in [0.15, 0.2) is 96.1 Å². The highest BCUT2D eigenvalue weighted by Crippen LogP contribution is 2.25. The number of hydrazone groups is 1. The molecular weight excluding hydrogens is 436 g/mol. The molecule has 0 bridgehead atoms. The molecule has 1 heterocycles. The molecule has 0 atom stereocenters. The van der Waals surface area contributed by atoms with Gasteiger partial charge >= 0.3 is 0 Å². The summed E-state index contributed by atoms with van der Waals surface area (Å²) in [5.74, 6) is -0.167. The zero-order valence-corrected chi connectivity index (χ0v) is 19.5. The molecule has 1 fully saturated rings. The van der Waals surface area contributed by atoms with Crippen molar-refractivity contribution in [2.75, 3.05) is 31.1 Å². The third-order valence-electron chi connectivity index (χ3n) is 6.42. The van der Waals surface area contributed by atoms with E-state index in [4.69, 9.17) is 0 Å². The van der Waals surface area contributed by atoms with E-state index >= 15 is 0 Å². The SMILES string of the molecule is O=C(NN=Cc1c(O)ccc2ccccc12)c1ccc(CN2CCN(c3ccccc3)CC2)cc1. The van der Waals surface area contributed by atoms with Crippen LogP contribution in [-0.2, 0) is 6.54 Å². The largest absolute Gasteiger partial charge is 0.507 e. The minimum atomic E-state index is -0.288. The maximum Gasteiger partial charge on any atom is 0.271 e. The summed E-state index contributed by atoms with van der Waals surface area (Å²) in [5, 5.41) is 16.2. The van der Waals surface area contributed by atoms with Gasteiger partial charge in [0.15, 0.2) is 0 Å². The number of nitrogens with one attached hydrogen (secondary N) is 1. The van der Waals surface area contributed by atoms with E-state index in [0.717, 1.165) is 43.5 Å². The number of carbonyl (C=O) groups is 1. The Hall–Kier alpha value is -4.16. The van der Waals surface area contributed by atoms with Crippen molar-refractivity contribution in [2.24, 2.45) is 5.10 Å². The van der Waals surface area contributed by atoms with Crippen LogP contribution in [0.5, 0.6) is 5.75 Å². The van der Waals surface area contributed by atoms with Gasteiger partial charge in [0.05, 0.1) is 6.21 Å². The first-order chi connectivity index (χ1) is 17.2. The monoisotopic (exact) mass is 464 g/mol. The van der Waals surface area contributed by atoms with Crippen molar-refractivity contribution in [2.45, 2.75) is 6.54 Å². The van der Waals surface area contributed by atoms with Gasteiger partial charge in [-0.05, 0) is 46.7 Å². The second kappa shape index (κ2) is 10.4. The van der Waals surface area contributed by atoms with Gasteiger partial charge in [0.25, 0.3) is 5.91 Å². The van der Waals surface area contributed by atoms with Gasteiger partial charge in [0.1, 0.15) is 5.75 Å². The van der Waals surface area contributed by atoms with Crippen LogP contribution in [0.25, 0.3) is 10.8 Å². The number of fused-ring (bicyclic) bond motifs is 1. The number of phenols is 1. The fourth-order valence-electron chi connectivity index (χ4n) is 4.46. The Morgan fingerprint density at radius 2 is 1.57 bits per heavy atom. The summed E-state index contributed by atoms with van der Waals surface area (Å²) in [6.45, 7) is 4.90. The van der Waals surface area contributed by atoms with E-state index in [1.165, 1.54) is 17.5 Å². The van der Waals surface area contributed by atoms with Gasteiger partial charge in [-0.1, -0.05) is 60.7 Å². The molecular formula is C29H28N4O2. The number of amides is 1. The third kappa shape index (κ3) is 5.34. The summed E-state index contributed by atoms with van der Waals surface area (Å²) in [7, 11) is 0. The predicted octanol–water partition coefficient (Wildman–Crippen LogP) is 4.63. The van der Waals surface area contributed by atoms with E-state index in [1.807, 2.05) is 60.7 Å². The number of rotatable bonds is 6. The normalized spacial score (nSPS) is 14.5. The predicted molar refractivity (Wildman–Crippen MR) is 141 cm³/mol. The van der Waals surface area contributed by atoms with Gasteiger partial charge in [-0.15, -0.1) is 0 Å². The van der Waals surface area contributed by atoms with Gasteiger partial charge in [-0.25, -0.2) is 5.43 Å². The number of aromatic hydroxyl groups is 1. The molecule has 6 nitrogen and oxygen atoms in total. The molecule has 0 saturated carbocycles. The lowest BCUT2D eigenvalue weighted by Crippen LogP contribution is -2.45. The van der Waals surface area contributed by atoms with Gasteiger partial charge < -0.3 is 10.0 Å². The number of hydrogen-bond donors (Lipinski definition) is 2. The Bertz CT molecular complexity index is 1330. The van der Waals surface area contributed by atoms with E-state index in [0.29, 0.717) is 11.1 Å². The summed E-state index contributed by atoms with van der Waals surface area (Å²) in [5.41, 5.74) is 6.14. The van der Waals surface area contributed by atoms with E-state index in [1.54, 1.807) is 6.07 Å². The quantitative estimate of drug-likeness (QED) is 0.322. The van der Waals surface area contributed by atoms with E-state index in [2.05, 4.69) is 44.6 Å². The van der Waals surface area contributed by atoms with Crippen LogP contribution < -0.4 is 10.3 Å². The number of phenolic OH excluding ortho intramolecular Hbond substituents is 1. The molecule has 0 aliphatic carbocycles. The molecule has 5 rings (SSSR count). The Balaban J connectivity index is 1.15.